The smallest absolute Gasteiger partial charge is 0.340 e. The van der Waals surface area contributed by atoms with Gasteiger partial charge in [0.05, 0.1) is 6.10 Å². The van der Waals surface area contributed by atoms with E-state index in [0.717, 1.165) is 6.42 Å². The normalized spacial score (nSPS) is 47.2. The summed E-state index contributed by atoms with van der Waals surface area (Å²) in [6.45, 7) is 12.3. The van der Waals surface area contributed by atoms with Gasteiger partial charge in [-0.05, 0) is 37.0 Å². The third-order valence-corrected chi connectivity index (χ3v) is 9.29. The molecule has 3 saturated carbocycles. The molecule has 3 rings (SSSR count). The van der Waals surface area contributed by atoms with E-state index in [1.54, 1.807) is 6.08 Å². The predicted octanol–water partition coefficient (Wildman–Crippen LogP) is 3.85. The Bertz CT molecular complexity index is 771. The van der Waals surface area contributed by atoms with Gasteiger partial charge in [-0.2, -0.15) is 0 Å². The van der Waals surface area contributed by atoms with Crippen molar-refractivity contribution in [3.05, 3.63) is 12.7 Å². The van der Waals surface area contributed by atoms with Gasteiger partial charge in [0.1, 0.15) is 6.10 Å². The molecule has 0 aromatic carbocycles. The number of carbonyl (C=O) groups is 3. The maximum Gasteiger partial charge on any atom is 0.340 e. The zero-order valence-corrected chi connectivity index (χ0v) is 20.0. The van der Waals surface area contributed by atoms with Gasteiger partial charge in [0.15, 0.2) is 11.9 Å². The highest BCUT2D eigenvalue weighted by atomic mass is 35.5. The van der Waals surface area contributed by atoms with Crippen LogP contribution in [0.3, 0.4) is 0 Å². The number of aliphatic hydroxyl groups is 1. The number of esters is 1. The van der Waals surface area contributed by atoms with Gasteiger partial charge in [-0.3, -0.25) is 9.59 Å². The molecule has 31 heavy (non-hydrogen) atoms. The van der Waals surface area contributed by atoms with E-state index in [9.17, 15) is 19.5 Å². The number of alkyl halides is 2. The van der Waals surface area contributed by atoms with Crippen LogP contribution in [0, 0.1) is 34.0 Å². The second kappa shape index (κ2) is 8.35. The second-order valence-corrected chi connectivity index (χ2v) is 11.3. The molecule has 1 N–H and O–H groups in total. The highest BCUT2D eigenvalue weighted by molar-refractivity contribution is 6.52. The van der Waals surface area contributed by atoms with Crippen molar-refractivity contribution in [2.45, 2.75) is 76.5 Å². The third kappa shape index (κ3) is 3.53. The molecule has 3 fully saturated rings. The van der Waals surface area contributed by atoms with Crippen molar-refractivity contribution in [3.8, 4) is 0 Å². The highest BCUT2D eigenvalue weighted by Gasteiger charge is 2.70. The Morgan fingerprint density at radius 1 is 1.29 bits per heavy atom. The first kappa shape index (κ1) is 24.5. The van der Waals surface area contributed by atoms with Gasteiger partial charge >= 0.3 is 5.97 Å². The summed E-state index contributed by atoms with van der Waals surface area (Å²) < 4.78 is 11.0. The average molecular weight is 475 g/mol. The molecule has 174 valence electrons. The lowest BCUT2D eigenvalue weighted by atomic mass is 9.44. The Hall–Kier alpha value is -1.11. The van der Waals surface area contributed by atoms with Crippen LogP contribution in [-0.4, -0.2) is 46.5 Å². The first-order chi connectivity index (χ1) is 14.4. The summed E-state index contributed by atoms with van der Waals surface area (Å²) in [5.74, 6) is -1.79. The van der Waals surface area contributed by atoms with E-state index >= 15 is 0 Å². The number of hydrogen-bond acceptors (Lipinski definition) is 6. The Morgan fingerprint density at radius 3 is 2.48 bits per heavy atom. The summed E-state index contributed by atoms with van der Waals surface area (Å²) in [7, 11) is 0. The summed E-state index contributed by atoms with van der Waals surface area (Å²) in [4.78, 5) is 35.9. The Morgan fingerprint density at radius 2 is 1.94 bits per heavy atom. The van der Waals surface area contributed by atoms with Gasteiger partial charge < -0.3 is 14.6 Å². The molecule has 0 aromatic rings. The van der Waals surface area contributed by atoms with Crippen LogP contribution in [-0.2, 0) is 23.9 Å². The van der Waals surface area contributed by atoms with Crippen molar-refractivity contribution in [2.24, 2.45) is 34.0 Å². The molecule has 8 heteroatoms. The second-order valence-electron chi connectivity index (χ2n) is 10.2. The van der Waals surface area contributed by atoms with Crippen LogP contribution in [0.4, 0.5) is 0 Å². The lowest BCUT2D eigenvalue weighted by molar-refractivity contribution is -0.198. The summed E-state index contributed by atoms with van der Waals surface area (Å²) in [5.41, 5.74) is -2.04. The SMILES string of the molecule is C=C[C@]1(C)C[C@@H](O)[C@]2(C)[C@H](C)CC[C@]3(C[C@H](OC(=O)C(Cl)Cl)C(=O)[C@H]32)[C@@H](C)[C@@H]1OC=O. The number of Topliss-reactive ketones (excluding diaryl/α,β-unsaturated/α-hetero) is 1. The quantitative estimate of drug-likeness (QED) is 0.281. The fourth-order valence-electron chi connectivity index (χ4n) is 6.93. The molecule has 0 unspecified atom stereocenters. The van der Waals surface area contributed by atoms with Gasteiger partial charge in [0.25, 0.3) is 6.47 Å². The maximum atomic E-state index is 13.7. The van der Waals surface area contributed by atoms with Gasteiger partial charge in [-0.25, -0.2) is 4.79 Å². The molecule has 0 radical (unpaired) electrons. The lowest BCUT2D eigenvalue weighted by Gasteiger charge is -2.61. The zero-order chi connectivity index (χ0) is 23.4. The van der Waals surface area contributed by atoms with Gasteiger partial charge in [0, 0.05) is 22.7 Å². The molecule has 0 saturated heterocycles. The van der Waals surface area contributed by atoms with Crippen LogP contribution >= 0.6 is 23.2 Å². The summed E-state index contributed by atoms with van der Waals surface area (Å²) >= 11 is 11.3. The Labute approximate surface area is 193 Å². The maximum absolute atomic E-state index is 13.7. The molecule has 9 atom stereocenters. The zero-order valence-electron chi connectivity index (χ0n) is 18.5. The van der Waals surface area contributed by atoms with Crippen LogP contribution < -0.4 is 0 Å². The summed E-state index contributed by atoms with van der Waals surface area (Å²) in [6, 6.07) is 0. The minimum Gasteiger partial charge on any atom is -0.463 e. The molecule has 3 aliphatic carbocycles. The van der Waals surface area contributed by atoms with Crippen molar-refractivity contribution in [1.82, 2.24) is 0 Å². The van der Waals surface area contributed by atoms with E-state index in [2.05, 4.69) is 13.5 Å². The van der Waals surface area contributed by atoms with Crippen molar-refractivity contribution in [1.29, 1.82) is 0 Å². The largest absolute Gasteiger partial charge is 0.463 e. The molecule has 6 nitrogen and oxygen atoms in total. The van der Waals surface area contributed by atoms with Crippen LogP contribution in [0.1, 0.15) is 53.4 Å². The number of hydrogen-bond donors (Lipinski definition) is 1. The van der Waals surface area contributed by atoms with E-state index in [-0.39, 0.29) is 24.0 Å². The molecule has 0 aliphatic heterocycles. The number of halogens is 2. The molecule has 3 aliphatic rings. The number of ether oxygens (including phenoxy) is 2. The fourth-order valence-corrected chi connectivity index (χ4v) is 7.04. The minimum absolute atomic E-state index is 0.0673. The minimum atomic E-state index is -1.38. The van der Waals surface area contributed by atoms with Crippen LogP contribution in [0.5, 0.6) is 0 Å². The molecule has 0 heterocycles. The van der Waals surface area contributed by atoms with Crippen LogP contribution in [0.15, 0.2) is 12.7 Å². The lowest BCUT2D eigenvalue weighted by Crippen LogP contribution is -2.62. The summed E-state index contributed by atoms with van der Waals surface area (Å²) in [6.07, 6.45) is 1.39. The molecule has 2 bridgehead atoms. The van der Waals surface area contributed by atoms with Crippen LogP contribution in [0.25, 0.3) is 0 Å². The van der Waals surface area contributed by atoms with Crippen molar-refractivity contribution < 1.29 is 29.0 Å². The van der Waals surface area contributed by atoms with E-state index in [0.29, 0.717) is 19.3 Å². The first-order valence-electron chi connectivity index (χ1n) is 10.8. The molecule has 0 amide bonds. The Balaban J connectivity index is 2.18. The van der Waals surface area contributed by atoms with Gasteiger partial charge in [0.2, 0.25) is 4.84 Å². The number of carbonyl (C=O) groups excluding carboxylic acids is 3. The van der Waals surface area contributed by atoms with E-state index in [1.165, 1.54) is 0 Å². The number of rotatable bonds is 5. The van der Waals surface area contributed by atoms with E-state index in [4.69, 9.17) is 32.7 Å². The molecular formula is C23H32Cl2O6. The number of aliphatic hydroxyl groups excluding tert-OH is 1. The summed E-state index contributed by atoms with van der Waals surface area (Å²) in [5, 5.41) is 11.5. The average Bonchev–Trinajstić information content (AvgIpc) is 3.01. The van der Waals surface area contributed by atoms with Crippen LogP contribution in [0.2, 0.25) is 0 Å². The van der Waals surface area contributed by atoms with Crippen molar-refractivity contribution in [2.75, 3.05) is 0 Å². The number of ketones is 1. The fraction of sp³-hybridized carbons (Fsp3) is 0.783. The van der Waals surface area contributed by atoms with Crippen molar-refractivity contribution in [3.63, 3.8) is 0 Å². The first-order valence-corrected chi connectivity index (χ1v) is 11.7. The van der Waals surface area contributed by atoms with E-state index in [1.807, 2.05) is 20.8 Å². The topological polar surface area (TPSA) is 89.9 Å². The predicted molar refractivity (Wildman–Crippen MR) is 116 cm³/mol. The monoisotopic (exact) mass is 474 g/mol. The van der Waals surface area contributed by atoms with Gasteiger partial charge in [-0.1, -0.05) is 57.0 Å². The highest BCUT2D eigenvalue weighted by Crippen LogP contribution is 2.68. The Kier molecular flexibility index (Phi) is 6.60. The van der Waals surface area contributed by atoms with Crippen molar-refractivity contribution >= 4 is 41.4 Å². The van der Waals surface area contributed by atoms with E-state index < -0.39 is 51.3 Å². The molecule has 0 aromatic heterocycles. The molecule has 0 spiro atoms. The standard InChI is InChI=1S/C23H32Cl2O6/c1-6-21(4)10-15(27)22(5)12(2)7-8-23(13(3)18(21)30-11-26)9-14(16(28)17(22)23)31-20(29)19(24)25/h6,11-15,17-19,27H,1,7-10H2,2-5H3/t12-,13+,14+,15-,17+,18+,21-,22+,23+/m1/s1. The molecular weight excluding hydrogens is 443 g/mol. The van der Waals surface area contributed by atoms with Gasteiger partial charge in [-0.15, -0.1) is 6.58 Å². The third-order valence-electron chi connectivity index (χ3n) is 8.94.